The van der Waals surface area contributed by atoms with E-state index in [1.807, 2.05) is 99.6 Å². The Labute approximate surface area is 312 Å². The number of aliphatic hydroxyl groups excluding tert-OH is 1. The van der Waals surface area contributed by atoms with Gasteiger partial charge in [0.25, 0.3) is 5.91 Å². The Hall–Kier alpha value is -5.01. The lowest BCUT2D eigenvalue weighted by Crippen LogP contribution is -2.60. The number of rotatable bonds is 17. The summed E-state index contributed by atoms with van der Waals surface area (Å²) in [6, 6.07) is 21.6. The van der Waals surface area contributed by atoms with Crippen molar-refractivity contribution in [3.05, 3.63) is 101 Å². The fourth-order valence-electron chi connectivity index (χ4n) is 6.56. The summed E-state index contributed by atoms with van der Waals surface area (Å²) in [6.45, 7) is 12.3. The average Bonchev–Trinajstić information content (AvgIpc) is 3.45. The quantitative estimate of drug-likeness (QED) is 0.128. The van der Waals surface area contributed by atoms with Crippen LogP contribution >= 0.6 is 0 Å². The predicted octanol–water partition coefficient (Wildman–Crippen LogP) is 4.35. The van der Waals surface area contributed by atoms with Crippen molar-refractivity contribution in [1.29, 1.82) is 0 Å². The number of nitrogens with zero attached hydrogens (tertiary/aromatic N) is 4. The van der Waals surface area contributed by atoms with E-state index in [9.17, 15) is 29.4 Å². The Kier molecular flexibility index (Phi) is 14.3. The molecule has 3 aromatic rings. The molecule has 0 aliphatic carbocycles. The number of benzene rings is 2. The largest absolute Gasteiger partial charge is 0.465 e. The Morgan fingerprint density at radius 1 is 0.906 bits per heavy atom. The fourth-order valence-corrected chi connectivity index (χ4v) is 6.56. The maximum atomic E-state index is 14.4. The summed E-state index contributed by atoms with van der Waals surface area (Å²) in [7, 11) is 0. The van der Waals surface area contributed by atoms with Crippen molar-refractivity contribution in [2.24, 2.45) is 11.3 Å². The monoisotopic (exact) mass is 729 g/mol. The van der Waals surface area contributed by atoms with Gasteiger partial charge < -0.3 is 30.6 Å². The molecule has 0 bridgehead atoms. The van der Waals surface area contributed by atoms with Gasteiger partial charge in [0.05, 0.1) is 24.4 Å². The van der Waals surface area contributed by atoms with Gasteiger partial charge in [0.1, 0.15) is 12.1 Å². The molecule has 0 radical (unpaired) electrons. The van der Waals surface area contributed by atoms with Crippen molar-refractivity contribution in [3.63, 3.8) is 0 Å². The van der Waals surface area contributed by atoms with Crippen molar-refractivity contribution >= 4 is 23.9 Å². The van der Waals surface area contributed by atoms with Gasteiger partial charge in [0, 0.05) is 31.9 Å². The number of aliphatic hydroxyl groups is 1. The number of carboxylic acid groups (broad SMARTS) is 1. The van der Waals surface area contributed by atoms with Crippen LogP contribution in [0.15, 0.2) is 78.9 Å². The van der Waals surface area contributed by atoms with Crippen molar-refractivity contribution < 1.29 is 29.4 Å². The van der Waals surface area contributed by atoms with Gasteiger partial charge in [-0.3, -0.25) is 20.0 Å². The van der Waals surface area contributed by atoms with Crippen molar-refractivity contribution in [3.8, 4) is 0 Å². The van der Waals surface area contributed by atoms with Crippen LogP contribution in [0.3, 0.4) is 0 Å². The number of aromatic nitrogens is 1. The standard InChI is InChI=1S/C40H55N7O6/c1-7-27(2)34(47-22-21-45(39(47)53)25-31-20-14-15-28(3)41-31)36(49)42-32(23-29-16-10-8-11-17-29)33(48)26-46(24-30-18-12-9-13-19-30)44-37(50)35(40(4,5)6)43-38(51)52/h8-20,27,32-35,43,48H,7,21-26H2,1-6H3,(H,42,49)(H,44,50)(H,51,52)/t27-,32-,33-,34-,35+/m0/s1. The lowest BCUT2D eigenvalue weighted by atomic mass is 9.86. The van der Waals surface area contributed by atoms with Gasteiger partial charge in [-0.15, -0.1) is 0 Å². The smallest absolute Gasteiger partial charge is 0.405 e. The minimum Gasteiger partial charge on any atom is -0.465 e. The van der Waals surface area contributed by atoms with Crippen LogP contribution in [0.25, 0.3) is 0 Å². The molecule has 13 nitrogen and oxygen atoms in total. The first-order valence-electron chi connectivity index (χ1n) is 18.3. The molecule has 0 saturated carbocycles. The molecule has 1 saturated heterocycles. The summed E-state index contributed by atoms with van der Waals surface area (Å²) in [5, 5.41) is 28.4. The molecule has 286 valence electrons. The highest BCUT2D eigenvalue weighted by atomic mass is 16.4. The lowest BCUT2D eigenvalue weighted by molar-refractivity contribution is -0.132. The van der Waals surface area contributed by atoms with E-state index >= 15 is 0 Å². The van der Waals surface area contributed by atoms with Crippen molar-refractivity contribution in [2.45, 2.75) is 91.7 Å². The summed E-state index contributed by atoms with van der Waals surface area (Å²) < 4.78 is 0. The maximum Gasteiger partial charge on any atom is 0.405 e. The zero-order valence-electron chi connectivity index (χ0n) is 31.7. The van der Waals surface area contributed by atoms with Gasteiger partial charge in [-0.05, 0) is 47.9 Å². The number of nitrogens with one attached hydrogen (secondary N) is 3. The van der Waals surface area contributed by atoms with Crippen molar-refractivity contribution in [2.75, 3.05) is 19.6 Å². The molecule has 1 aliphatic heterocycles. The molecule has 2 heterocycles. The second kappa shape index (κ2) is 18.7. The second-order valence-corrected chi connectivity index (χ2v) is 15.0. The third-order valence-electron chi connectivity index (χ3n) is 9.59. The number of hydrogen-bond donors (Lipinski definition) is 5. The third kappa shape index (κ3) is 11.7. The Morgan fingerprint density at radius 3 is 2.13 bits per heavy atom. The molecule has 1 fully saturated rings. The minimum atomic E-state index is -1.33. The topological polar surface area (TPSA) is 167 Å². The van der Waals surface area contributed by atoms with Gasteiger partial charge in [-0.2, -0.15) is 0 Å². The molecule has 5 N–H and O–H groups in total. The van der Waals surface area contributed by atoms with Gasteiger partial charge in [0.15, 0.2) is 0 Å². The summed E-state index contributed by atoms with van der Waals surface area (Å²) in [6.07, 6.45) is -1.61. The van der Waals surface area contributed by atoms with Gasteiger partial charge in [-0.25, -0.2) is 14.6 Å². The molecular weight excluding hydrogens is 674 g/mol. The van der Waals surface area contributed by atoms with Crippen LogP contribution in [-0.2, 0) is 29.1 Å². The molecule has 4 rings (SSSR count). The predicted molar refractivity (Wildman–Crippen MR) is 202 cm³/mol. The fraction of sp³-hybridized carbons (Fsp3) is 0.475. The molecule has 5 atom stereocenters. The summed E-state index contributed by atoms with van der Waals surface area (Å²) in [4.78, 5) is 61.2. The van der Waals surface area contributed by atoms with E-state index < -0.39 is 41.6 Å². The minimum absolute atomic E-state index is 0.101. The number of carbonyl (C=O) groups is 4. The van der Waals surface area contributed by atoms with Crippen LogP contribution in [0, 0.1) is 18.3 Å². The molecule has 53 heavy (non-hydrogen) atoms. The van der Waals surface area contributed by atoms with E-state index in [1.54, 1.807) is 35.6 Å². The second-order valence-electron chi connectivity index (χ2n) is 15.0. The van der Waals surface area contributed by atoms with Crippen LogP contribution in [0.4, 0.5) is 9.59 Å². The number of hydrazine groups is 1. The van der Waals surface area contributed by atoms with Crippen LogP contribution in [0.5, 0.6) is 0 Å². The van der Waals surface area contributed by atoms with Gasteiger partial charge >= 0.3 is 12.1 Å². The number of hydrogen-bond acceptors (Lipinski definition) is 7. The maximum absolute atomic E-state index is 14.4. The van der Waals surface area contributed by atoms with Crippen molar-refractivity contribution in [1.82, 2.24) is 35.9 Å². The number of carbonyl (C=O) groups excluding carboxylic acids is 3. The Balaban J connectivity index is 1.59. The van der Waals surface area contributed by atoms with Crippen LogP contribution in [-0.4, -0.2) is 97.8 Å². The Bertz CT molecular complexity index is 1670. The lowest BCUT2D eigenvalue weighted by Gasteiger charge is -2.36. The highest BCUT2D eigenvalue weighted by Gasteiger charge is 2.41. The summed E-state index contributed by atoms with van der Waals surface area (Å²) in [5.74, 6) is -1.14. The molecule has 0 spiro atoms. The summed E-state index contributed by atoms with van der Waals surface area (Å²) in [5.41, 5.74) is 5.44. The van der Waals surface area contributed by atoms with E-state index in [1.165, 1.54) is 0 Å². The molecule has 1 aromatic heterocycles. The van der Waals surface area contributed by atoms with Gasteiger partial charge in [-0.1, -0.05) is 108 Å². The number of pyridine rings is 1. The van der Waals surface area contributed by atoms with E-state index in [2.05, 4.69) is 21.0 Å². The van der Waals surface area contributed by atoms with E-state index in [-0.39, 0.29) is 37.4 Å². The SMILES string of the molecule is CC[C@H](C)[C@@H](C(=O)N[C@@H](Cc1ccccc1)[C@@H](O)CN(Cc1ccccc1)NC(=O)[C@@H](NC(=O)O)C(C)(C)C)N1CCN(Cc2cccc(C)n2)C1=O. The molecule has 2 aromatic carbocycles. The van der Waals surface area contributed by atoms with Crippen LogP contribution < -0.4 is 16.1 Å². The normalized spacial score (nSPS) is 16.1. The average molecular weight is 730 g/mol. The molecule has 13 heteroatoms. The molecule has 5 amide bonds. The molecular formula is C40H55N7O6. The van der Waals surface area contributed by atoms with E-state index in [4.69, 9.17) is 0 Å². The highest BCUT2D eigenvalue weighted by Crippen LogP contribution is 2.24. The summed E-state index contributed by atoms with van der Waals surface area (Å²) >= 11 is 0. The third-order valence-corrected chi connectivity index (χ3v) is 9.59. The first-order chi connectivity index (χ1) is 25.2. The van der Waals surface area contributed by atoms with E-state index in [0.717, 1.165) is 22.5 Å². The first-order valence-corrected chi connectivity index (χ1v) is 18.3. The zero-order chi connectivity index (χ0) is 38.7. The number of amides is 5. The highest BCUT2D eigenvalue weighted by molar-refractivity contribution is 5.88. The molecule has 1 aliphatic rings. The first kappa shape index (κ1) is 40.8. The van der Waals surface area contributed by atoms with Gasteiger partial charge in [0.2, 0.25) is 5.91 Å². The van der Waals surface area contributed by atoms with Crippen LogP contribution in [0.2, 0.25) is 0 Å². The number of aryl methyl sites for hydroxylation is 1. The Morgan fingerprint density at radius 2 is 1.55 bits per heavy atom. The van der Waals surface area contributed by atoms with E-state index in [0.29, 0.717) is 26.1 Å². The van der Waals surface area contributed by atoms with Crippen LogP contribution in [0.1, 0.15) is 63.6 Å². The molecule has 0 unspecified atom stereocenters. The zero-order valence-corrected chi connectivity index (χ0v) is 31.7. The number of urea groups is 1.